The fourth-order valence-electron chi connectivity index (χ4n) is 2.39. The predicted octanol–water partition coefficient (Wildman–Crippen LogP) is 1.73. The van der Waals surface area contributed by atoms with Gasteiger partial charge in [0.25, 0.3) is 5.91 Å². The molecule has 1 aromatic carbocycles. The lowest BCUT2D eigenvalue weighted by molar-refractivity contribution is 0.0751. The Hall–Kier alpha value is -2.83. The molecular weight excluding hydrogens is 284 g/mol. The first-order valence-corrected chi connectivity index (χ1v) is 6.84. The molecule has 7 nitrogen and oxygen atoms in total. The van der Waals surface area contributed by atoms with Crippen molar-refractivity contribution in [1.29, 1.82) is 0 Å². The second kappa shape index (κ2) is 5.18. The van der Waals surface area contributed by atoms with Crippen molar-refractivity contribution in [1.82, 2.24) is 20.1 Å². The van der Waals surface area contributed by atoms with E-state index >= 15 is 0 Å². The molecule has 2 aromatic heterocycles. The van der Waals surface area contributed by atoms with E-state index in [4.69, 9.17) is 4.42 Å². The molecule has 0 radical (unpaired) electrons. The Morgan fingerprint density at radius 3 is 2.82 bits per heavy atom. The summed E-state index contributed by atoms with van der Waals surface area (Å²) < 4.78 is 5.69. The average molecular weight is 300 g/mol. The lowest BCUT2D eigenvalue weighted by Gasteiger charge is -2.14. The van der Waals surface area contributed by atoms with E-state index in [-0.39, 0.29) is 12.5 Å². The lowest BCUT2D eigenvalue weighted by Crippen LogP contribution is -2.27. The number of amides is 1. The topological polar surface area (TPSA) is 95.0 Å². The number of benzene rings is 1. The molecule has 0 fully saturated rings. The second-order valence-electron chi connectivity index (χ2n) is 5.34. The van der Waals surface area contributed by atoms with E-state index < -0.39 is 5.69 Å². The van der Waals surface area contributed by atoms with Gasteiger partial charge in [-0.1, -0.05) is 11.6 Å². The molecule has 0 saturated heterocycles. The number of aromatic nitrogens is 3. The van der Waals surface area contributed by atoms with Crippen LogP contribution in [0.15, 0.2) is 27.4 Å². The third-order valence-electron chi connectivity index (χ3n) is 3.57. The molecule has 7 heteroatoms. The second-order valence-corrected chi connectivity index (χ2v) is 5.34. The summed E-state index contributed by atoms with van der Waals surface area (Å²) in [6, 6.07) is 5.80. The molecule has 3 aromatic rings. The van der Waals surface area contributed by atoms with Crippen molar-refractivity contribution in [3.63, 3.8) is 0 Å². The van der Waals surface area contributed by atoms with E-state index in [1.807, 2.05) is 32.0 Å². The van der Waals surface area contributed by atoms with Crippen LogP contribution in [0.1, 0.15) is 27.5 Å². The number of hydrogen-bond donors (Lipinski definition) is 2. The number of fused-ring (bicyclic) bond motifs is 1. The van der Waals surface area contributed by atoms with Crippen LogP contribution < -0.4 is 5.69 Å². The van der Waals surface area contributed by atoms with Crippen molar-refractivity contribution in [2.75, 3.05) is 7.05 Å². The van der Waals surface area contributed by atoms with Crippen molar-refractivity contribution in [3.8, 4) is 0 Å². The maximum atomic E-state index is 12.5. The van der Waals surface area contributed by atoms with E-state index in [1.165, 1.54) is 4.90 Å². The Kier molecular flexibility index (Phi) is 3.32. The monoisotopic (exact) mass is 300 g/mol. The number of rotatable bonds is 3. The molecule has 0 aliphatic carbocycles. The third kappa shape index (κ3) is 2.41. The van der Waals surface area contributed by atoms with Crippen LogP contribution in [-0.4, -0.2) is 33.0 Å². The molecular formula is C15H16N4O3. The van der Waals surface area contributed by atoms with E-state index in [1.54, 1.807) is 7.05 Å². The Morgan fingerprint density at radius 1 is 1.36 bits per heavy atom. The van der Waals surface area contributed by atoms with Crippen molar-refractivity contribution in [2.45, 2.75) is 20.4 Å². The highest BCUT2D eigenvalue weighted by atomic mass is 16.3. The van der Waals surface area contributed by atoms with E-state index in [9.17, 15) is 9.59 Å². The Balaban J connectivity index is 1.91. The first-order valence-electron chi connectivity index (χ1n) is 6.84. The van der Waals surface area contributed by atoms with Gasteiger partial charge in [0.2, 0.25) is 0 Å². The Morgan fingerprint density at radius 2 is 2.14 bits per heavy atom. The van der Waals surface area contributed by atoms with Gasteiger partial charge in [-0.15, -0.1) is 0 Å². The largest absolute Gasteiger partial charge is 0.451 e. The van der Waals surface area contributed by atoms with Crippen LogP contribution in [0.25, 0.3) is 11.0 Å². The van der Waals surface area contributed by atoms with Crippen molar-refractivity contribution in [2.24, 2.45) is 0 Å². The first-order chi connectivity index (χ1) is 10.5. The number of furan rings is 1. The summed E-state index contributed by atoms with van der Waals surface area (Å²) in [6.07, 6.45) is 0. The minimum absolute atomic E-state index is 0.188. The normalized spacial score (nSPS) is 11.0. The number of hydrogen-bond acceptors (Lipinski definition) is 4. The maximum absolute atomic E-state index is 12.5. The number of aromatic amines is 2. The fourth-order valence-corrected chi connectivity index (χ4v) is 2.39. The Bertz CT molecular complexity index is 903. The smallest absolute Gasteiger partial charge is 0.340 e. The van der Waals surface area contributed by atoms with Gasteiger partial charge < -0.3 is 9.32 Å². The highest BCUT2D eigenvalue weighted by Crippen LogP contribution is 2.27. The summed E-state index contributed by atoms with van der Waals surface area (Å²) in [6.45, 7) is 4.04. The van der Waals surface area contributed by atoms with Crippen molar-refractivity contribution in [3.05, 3.63) is 51.4 Å². The maximum Gasteiger partial charge on any atom is 0.340 e. The summed E-state index contributed by atoms with van der Waals surface area (Å²) in [5.41, 5.74) is 2.21. The van der Waals surface area contributed by atoms with Gasteiger partial charge in [-0.2, -0.15) is 5.10 Å². The van der Waals surface area contributed by atoms with Gasteiger partial charge in [0.15, 0.2) is 11.6 Å². The fraction of sp³-hybridized carbons (Fsp3) is 0.267. The molecule has 0 unspecified atom stereocenters. The third-order valence-corrected chi connectivity index (χ3v) is 3.57. The van der Waals surface area contributed by atoms with Crippen LogP contribution in [0.3, 0.4) is 0 Å². The molecule has 0 bridgehead atoms. The molecule has 3 rings (SSSR count). The van der Waals surface area contributed by atoms with E-state index in [0.29, 0.717) is 17.2 Å². The van der Waals surface area contributed by atoms with Crippen molar-refractivity contribution >= 4 is 16.9 Å². The van der Waals surface area contributed by atoms with E-state index in [2.05, 4.69) is 15.2 Å². The molecule has 114 valence electrons. The summed E-state index contributed by atoms with van der Waals surface area (Å²) in [4.78, 5) is 27.5. The molecule has 2 heterocycles. The van der Waals surface area contributed by atoms with Crippen LogP contribution in [-0.2, 0) is 6.54 Å². The summed E-state index contributed by atoms with van der Waals surface area (Å²) in [7, 11) is 1.63. The number of aryl methyl sites for hydroxylation is 2. The Labute approximate surface area is 125 Å². The first kappa shape index (κ1) is 14.1. The van der Waals surface area contributed by atoms with E-state index in [0.717, 1.165) is 16.5 Å². The van der Waals surface area contributed by atoms with Crippen LogP contribution in [0.5, 0.6) is 0 Å². The zero-order valence-corrected chi connectivity index (χ0v) is 12.6. The zero-order chi connectivity index (χ0) is 15.9. The molecule has 0 spiro atoms. The van der Waals surface area contributed by atoms with Gasteiger partial charge in [-0.05, 0) is 26.0 Å². The predicted molar refractivity (Wildman–Crippen MR) is 80.7 cm³/mol. The number of nitrogens with one attached hydrogen (secondary N) is 2. The highest BCUT2D eigenvalue weighted by molar-refractivity contribution is 5.98. The summed E-state index contributed by atoms with van der Waals surface area (Å²) >= 11 is 0. The quantitative estimate of drug-likeness (QED) is 0.770. The van der Waals surface area contributed by atoms with Gasteiger partial charge in [0, 0.05) is 18.0 Å². The molecule has 0 atom stereocenters. The zero-order valence-electron chi connectivity index (χ0n) is 12.6. The van der Waals surface area contributed by atoms with Gasteiger partial charge in [-0.3, -0.25) is 9.78 Å². The summed E-state index contributed by atoms with van der Waals surface area (Å²) in [5, 5.41) is 7.00. The van der Waals surface area contributed by atoms with Gasteiger partial charge in [0.05, 0.1) is 6.54 Å². The average Bonchev–Trinajstić information content (AvgIpc) is 3.02. The highest BCUT2D eigenvalue weighted by Gasteiger charge is 2.21. The van der Waals surface area contributed by atoms with Crippen LogP contribution in [0.4, 0.5) is 0 Å². The SMILES string of the molecule is Cc1ccc2oc(C(=O)N(C)Cc3n[nH]c(=O)[nH]3)c(C)c2c1. The molecule has 22 heavy (non-hydrogen) atoms. The van der Waals surface area contributed by atoms with Gasteiger partial charge >= 0.3 is 5.69 Å². The van der Waals surface area contributed by atoms with Crippen LogP contribution in [0.2, 0.25) is 0 Å². The standard InChI is InChI=1S/C15H16N4O3/c1-8-4-5-11-10(6-8)9(2)13(22-11)14(20)19(3)7-12-16-15(21)18-17-12/h4-6H,7H2,1-3H3,(H2,16,17,18,21). The minimum Gasteiger partial charge on any atom is -0.451 e. The number of carbonyl (C=O) groups excluding carboxylic acids is 1. The minimum atomic E-state index is -0.397. The number of carbonyl (C=O) groups is 1. The molecule has 0 aliphatic heterocycles. The molecule has 1 amide bonds. The lowest BCUT2D eigenvalue weighted by atomic mass is 10.1. The molecule has 2 N–H and O–H groups in total. The molecule has 0 saturated carbocycles. The van der Waals surface area contributed by atoms with Gasteiger partial charge in [-0.25, -0.2) is 9.89 Å². The van der Waals surface area contributed by atoms with Gasteiger partial charge in [0.1, 0.15) is 5.58 Å². The number of nitrogens with zero attached hydrogens (tertiary/aromatic N) is 2. The summed E-state index contributed by atoms with van der Waals surface area (Å²) in [5.74, 6) is 0.446. The van der Waals surface area contributed by atoms with Crippen molar-refractivity contribution < 1.29 is 9.21 Å². The van der Waals surface area contributed by atoms with Crippen LogP contribution >= 0.6 is 0 Å². The molecule has 0 aliphatic rings. The number of H-pyrrole nitrogens is 2. The van der Waals surface area contributed by atoms with Crippen LogP contribution in [0, 0.1) is 13.8 Å².